The van der Waals surface area contributed by atoms with Crippen molar-refractivity contribution in [1.82, 2.24) is 0 Å². The standard InChI is InChI=1S/C15H16BrNO2/c1-8-5-9(2)14(13(16)6-8)17-15(18)12-7-10(3)19-11(12)4/h5-7H,1-4H3,(H,17,18). The maximum Gasteiger partial charge on any atom is 0.259 e. The van der Waals surface area contributed by atoms with Crippen LogP contribution in [-0.2, 0) is 0 Å². The van der Waals surface area contributed by atoms with Gasteiger partial charge in [-0.25, -0.2) is 0 Å². The van der Waals surface area contributed by atoms with E-state index in [9.17, 15) is 4.79 Å². The first-order valence-electron chi connectivity index (χ1n) is 6.03. The number of carbonyl (C=O) groups excluding carboxylic acids is 1. The van der Waals surface area contributed by atoms with Gasteiger partial charge in [-0.1, -0.05) is 6.07 Å². The number of aryl methyl sites for hydroxylation is 4. The Morgan fingerprint density at radius 3 is 2.37 bits per heavy atom. The van der Waals surface area contributed by atoms with E-state index in [1.54, 1.807) is 13.0 Å². The molecule has 0 aliphatic heterocycles. The van der Waals surface area contributed by atoms with Crippen molar-refractivity contribution in [2.45, 2.75) is 27.7 Å². The molecule has 0 aliphatic rings. The Morgan fingerprint density at radius 2 is 1.84 bits per heavy atom. The van der Waals surface area contributed by atoms with Crippen LogP contribution in [0.3, 0.4) is 0 Å². The molecular formula is C15H16BrNO2. The number of rotatable bonds is 2. The van der Waals surface area contributed by atoms with Crippen LogP contribution in [0.1, 0.15) is 33.0 Å². The zero-order valence-corrected chi connectivity index (χ0v) is 13.0. The van der Waals surface area contributed by atoms with E-state index in [1.807, 2.05) is 32.9 Å². The SMILES string of the molecule is Cc1cc(C)c(NC(=O)c2cc(C)oc2C)c(Br)c1. The van der Waals surface area contributed by atoms with Crippen molar-refractivity contribution in [3.8, 4) is 0 Å². The number of furan rings is 1. The van der Waals surface area contributed by atoms with E-state index < -0.39 is 0 Å². The van der Waals surface area contributed by atoms with E-state index >= 15 is 0 Å². The molecule has 4 heteroatoms. The lowest BCUT2D eigenvalue weighted by molar-refractivity contribution is 0.102. The molecule has 0 bridgehead atoms. The summed E-state index contributed by atoms with van der Waals surface area (Å²) in [5, 5.41) is 2.93. The van der Waals surface area contributed by atoms with Gasteiger partial charge in [0.25, 0.3) is 5.91 Å². The molecule has 3 nitrogen and oxygen atoms in total. The van der Waals surface area contributed by atoms with Crippen molar-refractivity contribution in [3.05, 3.63) is 50.9 Å². The number of anilines is 1. The zero-order valence-electron chi connectivity index (χ0n) is 11.4. The van der Waals surface area contributed by atoms with Gasteiger partial charge in [-0.2, -0.15) is 0 Å². The van der Waals surface area contributed by atoms with Gasteiger partial charge in [0, 0.05) is 4.47 Å². The normalized spacial score (nSPS) is 10.6. The van der Waals surface area contributed by atoms with Gasteiger partial charge in [-0.3, -0.25) is 4.79 Å². The average molecular weight is 322 g/mol. The Labute approximate surface area is 121 Å². The third-order valence-electron chi connectivity index (χ3n) is 2.96. The predicted octanol–water partition coefficient (Wildman–Crippen LogP) is 4.53. The predicted molar refractivity (Wildman–Crippen MR) is 79.8 cm³/mol. The second-order valence-corrected chi connectivity index (χ2v) is 5.57. The Balaban J connectivity index is 2.32. The topological polar surface area (TPSA) is 42.2 Å². The van der Waals surface area contributed by atoms with Gasteiger partial charge in [0.15, 0.2) is 0 Å². The molecule has 1 aromatic heterocycles. The number of hydrogen-bond acceptors (Lipinski definition) is 2. The molecular weight excluding hydrogens is 306 g/mol. The maximum atomic E-state index is 12.2. The van der Waals surface area contributed by atoms with Crippen molar-refractivity contribution < 1.29 is 9.21 Å². The number of amides is 1. The van der Waals surface area contributed by atoms with Gasteiger partial charge in [0.1, 0.15) is 11.5 Å². The quantitative estimate of drug-likeness (QED) is 0.883. The van der Waals surface area contributed by atoms with Crippen LogP contribution in [0.5, 0.6) is 0 Å². The number of nitrogens with one attached hydrogen (secondary N) is 1. The average Bonchev–Trinajstić information content (AvgIpc) is 2.62. The highest BCUT2D eigenvalue weighted by Crippen LogP contribution is 2.28. The van der Waals surface area contributed by atoms with E-state index in [2.05, 4.69) is 21.2 Å². The van der Waals surface area contributed by atoms with Crippen LogP contribution in [0.25, 0.3) is 0 Å². The monoisotopic (exact) mass is 321 g/mol. The molecule has 2 aromatic rings. The Morgan fingerprint density at radius 1 is 1.16 bits per heavy atom. The minimum absolute atomic E-state index is 0.151. The molecule has 0 saturated carbocycles. The summed E-state index contributed by atoms with van der Waals surface area (Å²) in [5.41, 5.74) is 3.55. The summed E-state index contributed by atoms with van der Waals surface area (Å²) in [6.45, 7) is 7.61. The Bertz CT molecular complexity index is 621. The van der Waals surface area contributed by atoms with Crippen LogP contribution in [-0.4, -0.2) is 5.91 Å². The third-order valence-corrected chi connectivity index (χ3v) is 3.58. The number of benzene rings is 1. The summed E-state index contributed by atoms with van der Waals surface area (Å²) in [5.74, 6) is 1.22. The molecule has 0 radical (unpaired) electrons. The first kappa shape index (κ1) is 13.9. The van der Waals surface area contributed by atoms with Crippen LogP contribution in [0.2, 0.25) is 0 Å². The Hall–Kier alpha value is -1.55. The van der Waals surface area contributed by atoms with E-state index in [1.165, 1.54) is 0 Å². The minimum Gasteiger partial charge on any atom is -0.466 e. The Kier molecular flexibility index (Phi) is 3.80. The van der Waals surface area contributed by atoms with Gasteiger partial charge in [-0.15, -0.1) is 0 Å². The lowest BCUT2D eigenvalue weighted by atomic mass is 10.1. The lowest BCUT2D eigenvalue weighted by Gasteiger charge is -2.11. The van der Waals surface area contributed by atoms with E-state index in [4.69, 9.17) is 4.42 Å². The fraction of sp³-hybridized carbons (Fsp3) is 0.267. The molecule has 0 aliphatic carbocycles. The molecule has 0 spiro atoms. The fourth-order valence-electron chi connectivity index (χ4n) is 2.11. The number of hydrogen-bond donors (Lipinski definition) is 1. The smallest absolute Gasteiger partial charge is 0.259 e. The van der Waals surface area contributed by atoms with Gasteiger partial charge in [0.05, 0.1) is 11.3 Å². The maximum absolute atomic E-state index is 12.2. The van der Waals surface area contributed by atoms with Crippen molar-refractivity contribution >= 4 is 27.5 Å². The van der Waals surface area contributed by atoms with Crippen LogP contribution in [0.15, 0.2) is 27.1 Å². The third kappa shape index (κ3) is 2.89. The highest BCUT2D eigenvalue weighted by molar-refractivity contribution is 9.10. The molecule has 19 heavy (non-hydrogen) atoms. The molecule has 1 aromatic carbocycles. The second-order valence-electron chi connectivity index (χ2n) is 4.72. The van der Waals surface area contributed by atoms with Gasteiger partial charge < -0.3 is 9.73 Å². The van der Waals surface area contributed by atoms with Gasteiger partial charge in [0.2, 0.25) is 0 Å². The van der Waals surface area contributed by atoms with E-state index in [0.29, 0.717) is 11.3 Å². The zero-order chi connectivity index (χ0) is 14.2. The molecule has 0 fully saturated rings. The van der Waals surface area contributed by atoms with Crippen molar-refractivity contribution in [2.75, 3.05) is 5.32 Å². The molecule has 0 atom stereocenters. The number of halogens is 1. The minimum atomic E-state index is -0.151. The summed E-state index contributed by atoms with van der Waals surface area (Å²) in [6.07, 6.45) is 0. The molecule has 100 valence electrons. The molecule has 1 N–H and O–H groups in total. The van der Waals surface area contributed by atoms with Gasteiger partial charge in [-0.05, 0) is 66.9 Å². The largest absolute Gasteiger partial charge is 0.466 e. The second kappa shape index (κ2) is 5.21. The summed E-state index contributed by atoms with van der Waals surface area (Å²) < 4.78 is 6.27. The van der Waals surface area contributed by atoms with Gasteiger partial charge >= 0.3 is 0 Å². The van der Waals surface area contributed by atoms with Crippen LogP contribution in [0.4, 0.5) is 5.69 Å². The summed E-state index contributed by atoms with van der Waals surface area (Å²) in [7, 11) is 0. The summed E-state index contributed by atoms with van der Waals surface area (Å²) in [6, 6.07) is 5.77. The van der Waals surface area contributed by atoms with E-state index in [-0.39, 0.29) is 5.91 Å². The van der Waals surface area contributed by atoms with Crippen LogP contribution >= 0.6 is 15.9 Å². The molecule has 0 saturated heterocycles. The first-order chi connectivity index (χ1) is 8.88. The first-order valence-corrected chi connectivity index (χ1v) is 6.83. The number of carbonyl (C=O) groups is 1. The lowest BCUT2D eigenvalue weighted by Crippen LogP contribution is -2.13. The molecule has 2 rings (SSSR count). The highest BCUT2D eigenvalue weighted by atomic mass is 79.9. The molecule has 1 amide bonds. The van der Waals surface area contributed by atoms with Crippen molar-refractivity contribution in [2.24, 2.45) is 0 Å². The van der Waals surface area contributed by atoms with Crippen LogP contribution < -0.4 is 5.32 Å². The molecule has 1 heterocycles. The fourth-order valence-corrected chi connectivity index (χ4v) is 2.88. The van der Waals surface area contributed by atoms with Crippen LogP contribution in [0, 0.1) is 27.7 Å². The van der Waals surface area contributed by atoms with Crippen molar-refractivity contribution in [3.63, 3.8) is 0 Å². The summed E-state index contributed by atoms with van der Waals surface area (Å²) >= 11 is 3.48. The van der Waals surface area contributed by atoms with E-state index in [0.717, 1.165) is 27.0 Å². The van der Waals surface area contributed by atoms with Crippen molar-refractivity contribution in [1.29, 1.82) is 0 Å². The molecule has 0 unspecified atom stereocenters. The highest BCUT2D eigenvalue weighted by Gasteiger charge is 2.15. The summed E-state index contributed by atoms with van der Waals surface area (Å²) in [4.78, 5) is 12.2.